The van der Waals surface area contributed by atoms with E-state index in [0.29, 0.717) is 54.2 Å². The van der Waals surface area contributed by atoms with Gasteiger partial charge < -0.3 is 15.7 Å². The number of hydrogen-bond donors (Lipinski definition) is 2. The summed E-state index contributed by atoms with van der Waals surface area (Å²) in [4.78, 5) is 24.4. The number of aliphatic hydroxyl groups excluding tert-OH is 1. The summed E-state index contributed by atoms with van der Waals surface area (Å²) in [5.41, 5.74) is 9.97. The summed E-state index contributed by atoms with van der Waals surface area (Å²) in [5, 5.41) is 10.1. The lowest BCUT2D eigenvalue weighted by Gasteiger charge is -2.32. The van der Waals surface area contributed by atoms with Crippen molar-refractivity contribution in [1.29, 1.82) is 0 Å². The number of carbonyl (C=O) groups is 1. The first-order chi connectivity index (χ1) is 16.9. The van der Waals surface area contributed by atoms with Crippen LogP contribution in [0.3, 0.4) is 0 Å². The molecule has 1 saturated carbocycles. The number of hydrogen-bond acceptors (Lipinski definition) is 6. The fraction of sp³-hybridized carbons (Fsp3) is 0.464. The molecule has 3 heterocycles. The Bertz CT molecular complexity index is 1210. The van der Waals surface area contributed by atoms with Gasteiger partial charge in [0.05, 0.1) is 23.5 Å². The van der Waals surface area contributed by atoms with Gasteiger partial charge in [0.1, 0.15) is 5.82 Å². The lowest BCUT2D eigenvalue weighted by Crippen LogP contribution is -2.35. The molecule has 2 aliphatic rings. The maximum Gasteiger partial charge on any atom is 0.169 e. The van der Waals surface area contributed by atoms with Crippen molar-refractivity contribution in [3.05, 3.63) is 65.4 Å². The number of aromatic nitrogens is 2. The number of aliphatic hydroxyl groups is 1. The Morgan fingerprint density at radius 1 is 1.17 bits per heavy atom. The number of halogens is 1. The van der Waals surface area contributed by atoms with Gasteiger partial charge in [0, 0.05) is 48.9 Å². The maximum absolute atomic E-state index is 14.8. The second-order valence-corrected chi connectivity index (χ2v) is 10.3. The first-order valence-corrected chi connectivity index (χ1v) is 12.6. The third kappa shape index (κ3) is 5.07. The van der Waals surface area contributed by atoms with E-state index in [-0.39, 0.29) is 24.3 Å². The summed E-state index contributed by atoms with van der Waals surface area (Å²) in [6.45, 7) is 3.62. The molecule has 0 spiro atoms. The SMILES string of the molecule is C[C@@H]1C[C@H](N)C[C@H](c2ccncc2CC(=O)c2ccc(F)c3cc(N4CCC(O)CC4)cnc23)C1. The standard InChI is InChI=1S/C28H33FN4O2/c1-17-10-18(12-20(30)11-17)23-4-7-31-15-19(23)13-27(35)24-2-3-26(29)25-14-21(16-32-28(24)25)33-8-5-22(34)6-9-33/h2-4,7,14-18,20,22,34H,5-6,8-13,30H2,1H3/t17-,18+,20-/m0/s1. The van der Waals surface area contributed by atoms with E-state index >= 15 is 0 Å². The molecule has 35 heavy (non-hydrogen) atoms. The molecule has 2 fully saturated rings. The highest BCUT2D eigenvalue weighted by Gasteiger charge is 2.28. The van der Waals surface area contributed by atoms with Crippen molar-refractivity contribution in [3.8, 4) is 0 Å². The van der Waals surface area contributed by atoms with Crippen molar-refractivity contribution in [2.24, 2.45) is 11.7 Å². The summed E-state index contributed by atoms with van der Waals surface area (Å²) in [6.07, 6.45) is 9.52. The van der Waals surface area contributed by atoms with Gasteiger partial charge in [0.25, 0.3) is 0 Å². The van der Waals surface area contributed by atoms with Gasteiger partial charge in [-0.2, -0.15) is 0 Å². The highest BCUT2D eigenvalue weighted by atomic mass is 19.1. The van der Waals surface area contributed by atoms with Crippen LogP contribution in [0.2, 0.25) is 0 Å². The molecule has 184 valence electrons. The van der Waals surface area contributed by atoms with Gasteiger partial charge in [0.2, 0.25) is 0 Å². The minimum atomic E-state index is -0.393. The quantitative estimate of drug-likeness (QED) is 0.531. The molecule has 6 nitrogen and oxygen atoms in total. The minimum absolute atomic E-state index is 0.0984. The Morgan fingerprint density at radius 2 is 1.97 bits per heavy atom. The largest absolute Gasteiger partial charge is 0.393 e. The van der Waals surface area contributed by atoms with E-state index in [0.717, 1.165) is 36.1 Å². The number of Topliss-reactive ketones (excluding diaryl/α,β-unsaturated/α-hetero) is 1. The van der Waals surface area contributed by atoms with E-state index in [1.54, 1.807) is 30.7 Å². The van der Waals surface area contributed by atoms with E-state index < -0.39 is 5.82 Å². The lowest BCUT2D eigenvalue weighted by molar-refractivity contribution is 0.0993. The van der Waals surface area contributed by atoms with Crippen LogP contribution in [0.25, 0.3) is 10.9 Å². The molecule has 5 rings (SSSR count). The summed E-state index contributed by atoms with van der Waals surface area (Å²) in [5.74, 6) is 0.366. The number of pyridine rings is 2. The number of fused-ring (bicyclic) bond motifs is 1. The third-order valence-corrected chi connectivity index (χ3v) is 7.62. The smallest absolute Gasteiger partial charge is 0.169 e. The molecule has 0 unspecified atom stereocenters. The van der Waals surface area contributed by atoms with Gasteiger partial charge in [-0.25, -0.2) is 4.39 Å². The third-order valence-electron chi connectivity index (χ3n) is 7.62. The van der Waals surface area contributed by atoms with Crippen molar-refractivity contribution in [1.82, 2.24) is 9.97 Å². The van der Waals surface area contributed by atoms with Crippen molar-refractivity contribution in [3.63, 3.8) is 0 Å². The molecular formula is C28H33FN4O2. The fourth-order valence-corrected chi connectivity index (χ4v) is 5.86. The fourth-order valence-electron chi connectivity index (χ4n) is 5.86. The zero-order chi connectivity index (χ0) is 24.5. The van der Waals surface area contributed by atoms with E-state index in [4.69, 9.17) is 5.73 Å². The van der Waals surface area contributed by atoms with Crippen LogP contribution < -0.4 is 10.6 Å². The van der Waals surface area contributed by atoms with Gasteiger partial charge in [0.15, 0.2) is 5.78 Å². The first-order valence-electron chi connectivity index (χ1n) is 12.6. The highest BCUT2D eigenvalue weighted by molar-refractivity contribution is 6.08. The van der Waals surface area contributed by atoms with Gasteiger partial charge in [-0.1, -0.05) is 6.92 Å². The van der Waals surface area contributed by atoms with Gasteiger partial charge >= 0.3 is 0 Å². The molecule has 1 aliphatic heterocycles. The summed E-state index contributed by atoms with van der Waals surface area (Å²) in [6, 6.07) is 6.85. The molecule has 1 aromatic carbocycles. The Balaban J connectivity index is 1.42. The van der Waals surface area contributed by atoms with Crippen LogP contribution in [-0.2, 0) is 6.42 Å². The molecule has 2 aromatic heterocycles. The van der Waals surface area contributed by atoms with Crippen LogP contribution in [0, 0.1) is 11.7 Å². The Kier molecular flexibility index (Phi) is 6.80. The summed E-state index contributed by atoms with van der Waals surface area (Å²) in [7, 11) is 0. The van der Waals surface area contributed by atoms with Crippen LogP contribution in [0.4, 0.5) is 10.1 Å². The predicted octanol–water partition coefficient (Wildman–Crippen LogP) is 4.39. The molecule has 1 aliphatic carbocycles. The van der Waals surface area contributed by atoms with E-state index in [2.05, 4.69) is 21.8 Å². The summed E-state index contributed by atoms with van der Waals surface area (Å²) < 4.78 is 14.8. The second kappa shape index (κ2) is 9.99. The Hall–Kier alpha value is -2.90. The van der Waals surface area contributed by atoms with E-state index in [1.807, 2.05) is 6.07 Å². The van der Waals surface area contributed by atoms with Gasteiger partial charge in [-0.05, 0) is 79.3 Å². The zero-order valence-corrected chi connectivity index (χ0v) is 20.2. The predicted molar refractivity (Wildman–Crippen MR) is 135 cm³/mol. The van der Waals surface area contributed by atoms with Crippen molar-refractivity contribution in [2.75, 3.05) is 18.0 Å². The molecule has 3 atom stereocenters. The molecule has 1 saturated heterocycles. The average Bonchev–Trinajstić information content (AvgIpc) is 2.84. The zero-order valence-electron chi connectivity index (χ0n) is 20.2. The highest BCUT2D eigenvalue weighted by Crippen LogP contribution is 2.37. The van der Waals surface area contributed by atoms with Crippen molar-refractivity contribution < 1.29 is 14.3 Å². The molecule has 0 amide bonds. The lowest BCUT2D eigenvalue weighted by atomic mass is 9.75. The topological polar surface area (TPSA) is 92.3 Å². The van der Waals surface area contributed by atoms with Crippen LogP contribution in [0.15, 0.2) is 42.9 Å². The Morgan fingerprint density at radius 3 is 2.74 bits per heavy atom. The number of rotatable bonds is 5. The molecule has 0 bridgehead atoms. The molecule has 3 N–H and O–H groups in total. The first kappa shape index (κ1) is 23.8. The van der Waals surface area contributed by atoms with Crippen LogP contribution in [0.1, 0.15) is 66.4 Å². The van der Waals surface area contributed by atoms with Gasteiger partial charge in [-0.3, -0.25) is 14.8 Å². The monoisotopic (exact) mass is 476 g/mol. The normalized spacial score (nSPS) is 23.5. The molecule has 3 aromatic rings. The number of benzene rings is 1. The van der Waals surface area contributed by atoms with Crippen LogP contribution >= 0.6 is 0 Å². The number of piperidine rings is 1. The minimum Gasteiger partial charge on any atom is -0.393 e. The second-order valence-electron chi connectivity index (χ2n) is 10.3. The van der Waals surface area contributed by atoms with Crippen molar-refractivity contribution in [2.45, 2.75) is 63.5 Å². The number of nitrogens with two attached hydrogens (primary N) is 1. The number of anilines is 1. The van der Waals surface area contributed by atoms with E-state index in [9.17, 15) is 14.3 Å². The maximum atomic E-state index is 14.8. The number of nitrogens with zero attached hydrogens (tertiary/aromatic N) is 3. The molecule has 7 heteroatoms. The molecule has 0 radical (unpaired) electrons. The summed E-state index contributed by atoms with van der Waals surface area (Å²) >= 11 is 0. The van der Waals surface area contributed by atoms with Crippen molar-refractivity contribution >= 4 is 22.4 Å². The van der Waals surface area contributed by atoms with Crippen LogP contribution in [0.5, 0.6) is 0 Å². The molecular weight excluding hydrogens is 443 g/mol. The van der Waals surface area contributed by atoms with Crippen LogP contribution in [-0.4, -0.2) is 46.1 Å². The Labute approximate surface area is 205 Å². The van der Waals surface area contributed by atoms with E-state index in [1.165, 1.54) is 6.07 Å². The average molecular weight is 477 g/mol. The number of ketones is 1. The number of carbonyl (C=O) groups excluding carboxylic acids is 1. The van der Waals surface area contributed by atoms with Gasteiger partial charge in [-0.15, -0.1) is 0 Å².